The fourth-order valence-electron chi connectivity index (χ4n) is 1.26. The highest BCUT2D eigenvalue weighted by Crippen LogP contribution is 2.27. The highest BCUT2D eigenvalue weighted by atomic mass is 32.1. The van der Waals surface area contributed by atoms with Crippen LogP contribution in [0.3, 0.4) is 0 Å². The van der Waals surface area contributed by atoms with Crippen molar-refractivity contribution in [1.82, 2.24) is 0 Å². The molecule has 4 nitrogen and oxygen atoms in total. The van der Waals surface area contributed by atoms with Crippen LogP contribution in [0.4, 0.5) is 5.00 Å². The second-order valence-corrected chi connectivity index (χ2v) is 4.34. The normalized spacial score (nSPS) is 12.4. The van der Waals surface area contributed by atoms with Crippen LogP contribution in [0.1, 0.15) is 41.0 Å². The number of primary amides is 1. The number of hydrogen-bond donors (Lipinski definition) is 2. The van der Waals surface area contributed by atoms with Gasteiger partial charge in [0.25, 0.3) is 5.91 Å². The molecule has 82 valence electrons. The zero-order valence-electron chi connectivity index (χ0n) is 8.74. The summed E-state index contributed by atoms with van der Waals surface area (Å²) in [5.41, 5.74) is 11.3. The number of nitrogen functional groups attached to an aromatic ring is 1. The minimum atomic E-state index is -0.639. The van der Waals surface area contributed by atoms with Gasteiger partial charge >= 0.3 is 0 Å². The lowest BCUT2D eigenvalue weighted by atomic mass is 9.96. The van der Waals surface area contributed by atoms with E-state index in [2.05, 4.69) is 0 Å². The molecule has 1 aromatic rings. The Balaban J connectivity index is 3.15. The maximum absolute atomic E-state index is 11.9. The van der Waals surface area contributed by atoms with Crippen molar-refractivity contribution in [2.24, 2.45) is 11.7 Å². The van der Waals surface area contributed by atoms with E-state index in [1.54, 1.807) is 5.38 Å². The minimum absolute atomic E-state index is 0.0701. The molecule has 0 aliphatic carbocycles. The average molecular weight is 226 g/mol. The molecule has 0 saturated heterocycles. The van der Waals surface area contributed by atoms with E-state index in [0.717, 1.165) is 6.42 Å². The van der Waals surface area contributed by atoms with Gasteiger partial charge in [-0.3, -0.25) is 9.59 Å². The zero-order chi connectivity index (χ0) is 11.6. The van der Waals surface area contributed by atoms with Gasteiger partial charge in [0, 0.05) is 16.9 Å². The van der Waals surface area contributed by atoms with Crippen molar-refractivity contribution >= 4 is 28.0 Å². The number of rotatable bonds is 4. The predicted molar refractivity (Wildman–Crippen MR) is 61.0 cm³/mol. The maximum Gasteiger partial charge on any atom is 0.252 e. The number of amides is 1. The molecule has 1 aromatic heterocycles. The van der Waals surface area contributed by atoms with Crippen molar-refractivity contribution in [3.05, 3.63) is 16.5 Å². The topological polar surface area (TPSA) is 86.2 Å². The zero-order valence-corrected chi connectivity index (χ0v) is 9.56. The molecule has 1 atom stereocenters. The first kappa shape index (κ1) is 11.7. The van der Waals surface area contributed by atoms with Crippen molar-refractivity contribution in [3.63, 3.8) is 0 Å². The van der Waals surface area contributed by atoms with Gasteiger partial charge in [-0.1, -0.05) is 13.8 Å². The van der Waals surface area contributed by atoms with E-state index >= 15 is 0 Å². The summed E-state index contributed by atoms with van der Waals surface area (Å²) in [5, 5.41) is 1.92. The molecule has 0 aliphatic rings. The van der Waals surface area contributed by atoms with Crippen LogP contribution in [0.25, 0.3) is 0 Å². The van der Waals surface area contributed by atoms with Gasteiger partial charge in [0.2, 0.25) is 0 Å². The number of thiophene rings is 1. The summed E-state index contributed by atoms with van der Waals surface area (Å²) in [6.45, 7) is 3.74. The SMILES string of the molecule is CCC(C)C(=O)c1csc(N)c1C(N)=O. The summed E-state index contributed by atoms with van der Waals surface area (Å²) >= 11 is 1.17. The Morgan fingerprint density at radius 1 is 1.53 bits per heavy atom. The smallest absolute Gasteiger partial charge is 0.252 e. The van der Waals surface area contributed by atoms with E-state index < -0.39 is 5.91 Å². The second-order valence-electron chi connectivity index (χ2n) is 3.43. The van der Waals surface area contributed by atoms with E-state index in [1.807, 2.05) is 13.8 Å². The van der Waals surface area contributed by atoms with Crippen LogP contribution < -0.4 is 11.5 Å². The Morgan fingerprint density at radius 2 is 2.13 bits per heavy atom. The molecule has 4 N–H and O–H groups in total. The summed E-state index contributed by atoms with van der Waals surface area (Å²) in [6, 6.07) is 0. The molecule has 0 spiro atoms. The number of ketones is 1. The molecule has 1 rings (SSSR count). The van der Waals surface area contributed by atoms with Gasteiger partial charge in [0.05, 0.1) is 10.6 Å². The molecule has 0 saturated carbocycles. The Bertz CT molecular complexity index is 398. The predicted octanol–water partition coefficient (Wildman–Crippen LogP) is 1.66. The molecule has 15 heavy (non-hydrogen) atoms. The molecule has 1 amide bonds. The second kappa shape index (κ2) is 4.44. The van der Waals surface area contributed by atoms with Gasteiger partial charge in [0.1, 0.15) is 0 Å². The lowest BCUT2D eigenvalue weighted by molar-refractivity contribution is 0.0915. The molecule has 0 fully saturated rings. The van der Waals surface area contributed by atoms with Crippen LogP contribution in [0.2, 0.25) is 0 Å². The number of nitrogens with two attached hydrogens (primary N) is 2. The monoisotopic (exact) mass is 226 g/mol. The number of anilines is 1. The first-order valence-electron chi connectivity index (χ1n) is 4.70. The molecular weight excluding hydrogens is 212 g/mol. The summed E-state index contributed by atoms with van der Waals surface area (Å²) < 4.78 is 0. The molecule has 0 radical (unpaired) electrons. The van der Waals surface area contributed by atoms with Crippen LogP contribution in [0.15, 0.2) is 5.38 Å². The Kier molecular flexibility index (Phi) is 3.47. The Labute approximate surface area is 92.3 Å². The van der Waals surface area contributed by atoms with Gasteiger partial charge in [-0.05, 0) is 6.42 Å². The third kappa shape index (κ3) is 2.18. The van der Waals surface area contributed by atoms with Crippen molar-refractivity contribution in [2.75, 3.05) is 5.73 Å². The summed E-state index contributed by atoms with van der Waals surface area (Å²) in [6.07, 6.45) is 0.729. The maximum atomic E-state index is 11.9. The van der Waals surface area contributed by atoms with Crippen molar-refractivity contribution in [3.8, 4) is 0 Å². The van der Waals surface area contributed by atoms with Crippen LogP contribution in [0, 0.1) is 5.92 Å². The van der Waals surface area contributed by atoms with Gasteiger partial charge in [-0.2, -0.15) is 0 Å². The minimum Gasteiger partial charge on any atom is -0.390 e. The van der Waals surface area contributed by atoms with E-state index in [9.17, 15) is 9.59 Å². The van der Waals surface area contributed by atoms with Crippen LogP contribution in [-0.4, -0.2) is 11.7 Å². The third-order valence-corrected chi connectivity index (χ3v) is 3.20. The third-order valence-electron chi connectivity index (χ3n) is 2.39. The van der Waals surface area contributed by atoms with E-state index in [0.29, 0.717) is 10.6 Å². The summed E-state index contributed by atoms with van der Waals surface area (Å²) in [4.78, 5) is 23.0. The first-order valence-corrected chi connectivity index (χ1v) is 5.58. The lowest BCUT2D eigenvalue weighted by Gasteiger charge is -2.06. The number of hydrogen-bond acceptors (Lipinski definition) is 4. The highest BCUT2D eigenvalue weighted by molar-refractivity contribution is 7.14. The number of Topliss-reactive ketones (excluding diaryl/α,β-unsaturated/α-hetero) is 1. The van der Waals surface area contributed by atoms with Gasteiger partial charge < -0.3 is 11.5 Å². The van der Waals surface area contributed by atoms with Gasteiger partial charge in [0.15, 0.2) is 5.78 Å². The molecule has 0 aromatic carbocycles. The molecule has 0 aliphatic heterocycles. The molecule has 5 heteroatoms. The molecule has 1 unspecified atom stereocenters. The number of carbonyl (C=O) groups is 2. The van der Waals surface area contributed by atoms with E-state index in [1.165, 1.54) is 11.3 Å². The molecule has 1 heterocycles. The fourth-order valence-corrected chi connectivity index (χ4v) is 2.07. The number of carbonyl (C=O) groups excluding carboxylic acids is 2. The fraction of sp³-hybridized carbons (Fsp3) is 0.400. The van der Waals surface area contributed by atoms with Gasteiger partial charge in [-0.15, -0.1) is 11.3 Å². The van der Waals surface area contributed by atoms with Crippen LogP contribution in [-0.2, 0) is 0 Å². The first-order chi connectivity index (χ1) is 6.99. The summed E-state index contributed by atoms with van der Waals surface area (Å²) in [5.74, 6) is -0.822. The standard InChI is InChI=1S/C10H14N2O2S/c1-3-5(2)8(13)6-4-15-10(12)7(6)9(11)14/h4-5H,3,12H2,1-2H3,(H2,11,14). The van der Waals surface area contributed by atoms with Gasteiger partial charge in [-0.25, -0.2) is 0 Å². The average Bonchev–Trinajstić information content (AvgIpc) is 2.57. The van der Waals surface area contributed by atoms with Crippen molar-refractivity contribution in [1.29, 1.82) is 0 Å². The lowest BCUT2D eigenvalue weighted by Crippen LogP contribution is -2.18. The quantitative estimate of drug-likeness (QED) is 0.765. The largest absolute Gasteiger partial charge is 0.390 e. The Morgan fingerprint density at radius 3 is 2.60 bits per heavy atom. The van der Waals surface area contributed by atoms with Crippen molar-refractivity contribution < 1.29 is 9.59 Å². The van der Waals surface area contributed by atoms with E-state index in [4.69, 9.17) is 11.5 Å². The molecular formula is C10H14N2O2S. The molecule has 0 bridgehead atoms. The van der Waals surface area contributed by atoms with Crippen LogP contribution >= 0.6 is 11.3 Å². The van der Waals surface area contributed by atoms with Crippen LogP contribution in [0.5, 0.6) is 0 Å². The highest BCUT2D eigenvalue weighted by Gasteiger charge is 2.23. The van der Waals surface area contributed by atoms with E-state index in [-0.39, 0.29) is 17.3 Å². The van der Waals surface area contributed by atoms with Crippen molar-refractivity contribution in [2.45, 2.75) is 20.3 Å². The summed E-state index contributed by atoms with van der Waals surface area (Å²) in [7, 11) is 0. The Hall–Kier alpha value is -1.36.